The molecule has 0 saturated carbocycles. The van der Waals surface area contributed by atoms with Crippen molar-refractivity contribution >= 4 is 0 Å². The van der Waals surface area contributed by atoms with Crippen molar-refractivity contribution in [1.82, 2.24) is 14.9 Å². The number of hydrogen-bond acceptors (Lipinski definition) is 3. The van der Waals surface area contributed by atoms with Gasteiger partial charge in [-0.05, 0) is 6.92 Å². The van der Waals surface area contributed by atoms with Crippen molar-refractivity contribution in [1.29, 1.82) is 0 Å². The Hall–Kier alpha value is -0.870. The largest absolute Gasteiger partial charge is 0.380 e. The summed E-state index contributed by atoms with van der Waals surface area (Å²) in [6.07, 6.45) is 5.58. The average molecular weight is 183 g/mol. The van der Waals surface area contributed by atoms with Crippen molar-refractivity contribution in [3.8, 4) is 0 Å². The Morgan fingerprint density at radius 3 is 3.08 bits per heavy atom. The Balaban J connectivity index is 1.90. The fourth-order valence-corrected chi connectivity index (χ4v) is 1.04. The molecule has 74 valence electrons. The third kappa shape index (κ3) is 4.65. The zero-order valence-electron chi connectivity index (χ0n) is 8.07. The summed E-state index contributed by atoms with van der Waals surface area (Å²) in [5.41, 5.74) is 0. The molecule has 1 heterocycles. The Morgan fingerprint density at radius 2 is 2.38 bits per heavy atom. The molecule has 0 aromatic carbocycles. The molecular weight excluding hydrogens is 166 g/mol. The molecule has 0 aliphatic rings. The summed E-state index contributed by atoms with van der Waals surface area (Å²) < 4.78 is 7.24. The van der Waals surface area contributed by atoms with E-state index in [1.54, 1.807) is 6.20 Å². The number of ether oxygens (including phenoxy) is 1. The molecule has 0 bridgehead atoms. The predicted octanol–water partition coefficient (Wildman–Crippen LogP) is 0.509. The van der Waals surface area contributed by atoms with Crippen LogP contribution in [0.25, 0.3) is 0 Å². The number of nitrogens with zero attached hydrogens (tertiary/aromatic N) is 2. The molecule has 0 saturated heterocycles. The van der Waals surface area contributed by atoms with E-state index in [-0.39, 0.29) is 0 Å². The normalized spacial score (nSPS) is 10.5. The first-order chi connectivity index (χ1) is 6.43. The van der Waals surface area contributed by atoms with Gasteiger partial charge in [0.05, 0.1) is 12.9 Å². The van der Waals surface area contributed by atoms with Gasteiger partial charge in [-0.2, -0.15) is 0 Å². The van der Waals surface area contributed by atoms with Crippen LogP contribution in [0, 0.1) is 0 Å². The van der Waals surface area contributed by atoms with Crippen molar-refractivity contribution in [2.45, 2.75) is 13.5 Å². The summed E-state index contributed by atoms with van der Waals surface area (Å²) in [5, 5.41) is 3.28. The maximum absolute atomic E-state index is 5.19. The number of rotatable bonds is 7. The molecule has 1 N–H and O–H groups in total. The van der Waals surface area contributed by atoms with Crippen LogP contribution >= 0.6 is 0 Å². The molecule has 1 aromatic heterocycles. The molecule has 0 aliphatic heterocycles. The van der Waals surface area contributed by atoms with Gasteiger partial charge in [-0.25, -0.2) is 4.98 Å². The van der Waals surface area contributed by atoms with Gasteiger partial charge in [-0.15, -0.1) is 0 Å². The minimum atomic E-state index is 0.792. The molecule has 0 unspecified atom stereocenters. The predicted molar refractivity (Wildman–Crippen MR) is 51.6 cm³/mol. The van der Waals surface area contributed by atoms with Crippen LogP contribution in [0.1, 0.15) is 6.92 Å². The van der Waals surface area contributed by atoms with Gasteiger partial charge < -0.3 is 14.6 Å². The summed E-state index contributed by atoms with van der Waals surface area (Å²) in [5.74, 6) is 0. The molecule has 0 spiro atoms. The van der Waals surface area contributed by atoms with Crippen molar-refractivity contribution in [2.75, 3.05) is 26.3 Å². The zero-order chi connectivity index (χ0) is 9.36. The third-order valence-electron chi connectivity index (χ3n) is 1.73. The summed E-state index contributed by atoms with van der Waals surface area (Å²) >= 11 is 0. The lowest BCUT2D eigenvalue weighted by Gasteiger charge is -2.04. The first-order valence-corrected chi connectivity index (χ1v) is 4.67. The first kappa shape index (κ1) is 10.2. The highest BCUT2D eigenvalue weighted by Gasteiger charge is 1.89. The van der Waals surface area contributed by atoms with Crippen molar-refractivity contribution < 1.29 is 4.74 Å². The maximum Gasteiger partial charge on any atom is 0.0946 e. The summed E-state index contributed by atoms with van der Waals surface area (Å²) in [7, 11) is 0. The van der Waals surface area contributed by atoms with Gasteiger partial charge >= 0.3 is 0 Å². The molecule has 0 aliphatic carbocycles. The van der Waals surface area contributed by atoms with Gasteiger partial charge in [-0.1, -0.05) is 0 Å². The van der Waals surface area contributed by atoms with E-state index in [9.17, 15) is 0 Å². The Kier molecular flexibility index (Phi) is 5.20. The third-order valence-corrected chi connectivity index (χ3v) is 1.73. The second-order valence-electron chi connectivity index (χ2n) is 2.75. The van der Waals surface area contributed by atoms with Crippen LogP contribution in [0.5, 0.6) is 0 Å². The van der Waals surface area contributed by atoms with Gasteiger partial charge in [0, 0.05) is 38.6 Å². The van der Waals surface area contributed by atoms with Crippen LogP contribution in [0.15, 0.2) is 18.7 Å². The van der Waals surface area contributed by atoms with Gasteiger partial charge in [0.1, 0.15) is 0 Å². The lowest BCUT2D eigenvalue weighted by molar-refractivity contribution is 0.149. The maximum atomic E-state index is 5.19. The van der Waals surface area contributed by atoms with Gasteiger partial charge in [0.15, 0.2) is 0 Å². The minimum absolute atomic E-state index is 0.792. The highest BCUT2D eigenvalue weighted by Crippen LogP contribution is 1.83. The summed E-state index contributed by atoms with van der Waals surface area (Å²) in [4.78, 5) is 3.96. The van der Waals surface area contributed by atoms with E-state index in [4.69, 9.17) is 4.74 Å². The summed E-state index contributed by atoms with van der Waals surface area (Å²) in [6.45, 7) is 6.44. The first-order valence-electron chi connectivity index (χ1n) is 4.67. The smallest absolute Gasteiger partial charge is 0.0946 e. The topological polar surface area (TPSA) is 39.1 Å². The lowest BCUT2D eigenvalue weighted by atomic mass is 10.5. The Morgan fingerprint density at radius 1 is 1.46 bits per heavy atom. The van der Waals surface area contributed by atoms with Crippen molar-refractivity contribution in [2.24, 2.45) is 0 Å². The molecule has 13 heavy (non-hydrogen) atoms. The van der Waals surface area contributed by atoms with E-state index in [0.29, 0.717) is 0 Å². The zero-order valence-corrected chi connectivity index (χ0v) is 8.07. The van der Waals surface area contributed by atoms with E-state index < -0.39 is 0 Å². The highest BCUT2D eigenvalue weighted by atomic mass is 16.5. The van der Waals surface area contributed by atoms with Gasteiger partial charge in [0.2, 0.25) is 0 Å². The number of hydrogen-bond donors (Lipinski definition) is 1. The quantitative estimate of drug-likeness (QED) is 0.626. The molecule has 1 rings (SSSR count). The standard InChI is InChI=1S/C9H17N3O/c1-2-13-8-5-10-3-6-12-7-4-11-9-12/h4,7,9-10H,2-3,5-6,8H2,1H3. The second-order valence-corrected chi connectivity index (χ2v) is 2.75. The summed E-state index contributed by atoms with van der Waals surface area (Å²) in [6, 6.07) is 0. The SMILES string of the molecule is CCOCCNCCn1ccnc1. The number of aromatic nitrogens is 2. The van der Waals surface area contributed by atoms with E-state index in [1.165, 1.54) is 0 Å². The molecular formula is C9H17N3O. The Labute approximate surface area is 78.9 Å². The Bertz CT molecular complexity index is 199. The second kappa shape index (κ2) is 6.62. The minimum Gasteiger partial charge on any atom is -0.380 e. The van der Waals surface area contributed by atoms with E-state index >= 15 is 0 Å². The van der Waals surface area contributed by atoms with E-state index in [0.717, 1.165) is 32.8 Å². The highest BCUT2D eigenvalue weighted by molar-refractivity contribution is 4.73. The van der Waals surface area contributed by atoms with Crippen molar-refractivity contribution in [3.63, 3.8) is 0 Å². The average Bonchev–Trinajstić information content (AvgIpc) is 2.63. The van der Waals surface area contributed by atoms with Crippen LogP contribution < -0.4 is 5.32 Å². The lowest BCUT2D eigenvalue weighted by Crippen LogP contribution is -2.23. The monoisotopic (exact) mass is 183 g/mol. The number of nitrogens with one attached hydrogen (secondary N) is 1. The van der Waals surface area contributed by atoms with Crippen LogP contribution in [-0.4, -0.2) is 35.9 Å². The molecule has 0 fully saturated rings. The van der Waals surface area contributed by atoms with Gasteiger partial charge in [0.25, 0.3) is 0 Å². The molecule has 4 heteroatoms. The fraction of sp³-hybridized carbons (Fsp3) is 0.667. The molecule has 0 amide bonds. The van der Waals surface area contributed by atoms with Crippen LogP contribution in [-0.2, 0) is 11.3 Å². The fourth-order valence-electron chi connectivity index (χ4n) is 1.04. The number of imidazole rings is 1. The van der Waals surface area contributed by atoms with Crippen LogP contribution in [0.3, 0.4) is 0 Å². The molecule has 4 nitrogen and oxygen atoms in total. The van der Waals surface area contributed by atoms with E-state index in [1.807, 2.05) is 24.0 Å². The van der Waals surface area contributed by atoms with Crippen LogP contribution in [0.4, 0.5) is 0 Å². The molecule has 1 aromatic rings. The van der Waals surface area contributed by atoms with Gasteiger partial charge in [-0.3, -0.25) is 0 Å². The molecule has 0 radical (unpaired) electrons. The van der Waals surface area contributed by atoms with E-state index in [2.05, 4.69) is 10.3 Å². The van der Waals surface area contributed by atoms with Crippen LogP contribution in [0.2, 0.25) is 0 Å². The van der Waals surface area contributed by atoms with Crippen molar-refractivity contribution in [3.05, 3.63) is 18.7 Å². The molecule has 0 atom stereocenters.